The highest BCUT2D eigenvalue weighted by atomic mass is 16.5. The maximum Gasteiger partial charge on any atom is 0.305 e. The summed E-state index contributed by atoms with van der Waals surface area (Å²) >= 11 is 0. The summed E-state index contributed by atoms with van der Waals surface area (Å²) in [5, 5.41) is 8.53. The molecule has 108 valence electrons. The Morgan fingerprint density at radius 3 is 2.37 bits per heavy atom. The first-order chi connectivity index (χ1) is 9.15. The van der Waals surface area contributed by atoms with Crippen LogP contribution >= 0.6 is 0 Å². The molecule has 2 heterocycles. The number of nitrogens with zero attached hydrogens (tertiary/aromatic N) is 2. The second kappa shape index (κ2) is 6.86. The monoisotopic (exact) mass is 270 g/mol. The van der Waals surface area contributed by atoms with Crippen molar-refractivity contribution in [2.75, 3.05) is 39.3 Å². The molecule has 0 aromatic heterocycles. The molecule has 2 rings (SSSR count). The SMILES string of the molecule is O=C(O)CCOC1CCN(CC(=O)N2CCC2)CC1. The molecule has 2 aliphatic rings. The zero-order valence-corrected chi connectivity index (χ0v) is 11.2. The first-order valence-corrected chi connectivity index (χ1v) is 6.98. The Hall–Kier alpha value is -1.14. The molecular weight excluding hydrogens is 248 g/mol. The second-order valence-corrected chi connectivity index (χ2v) is 5.22. The van der Waals surface area contributed by atoms with Crippen LogP contribution in [0.4, 0.5) is 0 Å². The molecule has 0 unspecified atom stereocenters. The fraction of sp³-hybridized carbons (Fsp3) is 0.846. The Labute approximate surface area is 113 Å². The third-order valence-electron chi connectivity index (χ3n) is 3.77. The lowest BCUT2D eigenvalue weighted by atomic mass is 10.1. The van der Waals surface area contributed by atoms with Gasteiger partial charge in [-0.1, -0.05) is 0 Å². The number of carbonyl (C=O) groups excluding carboxylic acids is 1. The first kappa shape index (κ1) is 14.3. The van der Waals surface area contributed by atoms with Gasteiger partial charge in [-0.3, -0.25) is 14.5 Å². The van der Waals surface area contributed by atoms with Crippen LogP contribution < -0.4 is 0 Å². The highest BCUT2D eigenvalue weighted by Crippen LogP contribution is 2.15. The van der Waals surface area contributed by atoms with Gasteiger partial charge in [0.05, 0.1) is 25.7 Å². The molecule has 0 atom stereocenters. The Balaban J connectivity index is 1.59. The van der Waals surface area contributed by atoms with Gasteiger partial charge in [0.15, 0.2) is 0 Å². The van der Waals surface area contributed by atoms with Crippen LogP contribution in [0.15, 0.2) is 0 Å². The number of hydrogen-bond acceptors (Lipinski definition) is 4. The van der Waals surface area contributed by atoms with Gasteiger partial charge in [-0.25, -0.2) is 0 Å². The number of rotatable bonds is 6. The van der Waals surface area contributed by atoms with E-state index >= 15 is 0 Å². The van der Waals surface area contributed by atoms with Crippen molar-refractivity contribution in [3.63, 3.8) is 0 Å². The number of carboxylic acid groups (broad SMARTS) is 1. The molecule has 0 bridgehead atoms. The summed E-state index contributed by atoms with van der Waals surface area (Å²) in [6.07, 6.45) is 3.10. The van der Waals surface area contributed by atoms with Gasteiger partial charge in [0.1, 0.15) is 0 Å². The van der Waals surface area contributed by atoms with E-state index in [1.165, 1.54) is 0 Å². The molecule has 2 saturated heterocycles. The number of ether oxygens (including phenoxy) is 1. The predicted octanol–water partition coefficient (Wildman–Crippen LogP) is 0.174. The molecule has 19 heavy (non-hydrogen) atoms. The van der Waals surface area contributed by atoms with Crippen LogP contribution in [-0.4, -0.2) is 72.2 Å². The van der Waals surface area contributed by atoms with E-state index in [-0.39, 0.29) is 25.0 Å². The summed E-state index contributed by atoms with van der Waals surface area (Å²) in [4.78, 5) is 26.3. The summed E-state index contributed by atoms with van der Waals surface area (Å²) in [6, 6.07) is 0. The van der Waals surface area contributed by atoms with E-state index in [4.69, 9.17) is 9.84 Å². The van der Waals surface area contributed by atoms with Crippen LogP contribution in [0.3, 0.4) is 0 Å². The van der Waals surface area contributed by atoms with Crippen LogP contribution in [0.25, 0.3) is 0 Å². The van der Waals surface area contributed by atoms with Crippen LogP contribution in [0, 0.1) is 0 Å². The number of carbonyl (C=O) groups is 2. The topological polar surface area (TPSA) is 70.1 Å². The van der Waals surface area contributed by atoms with Crippen molar-refractivity contribution in [1.82, 2.24) is 9.80 Å². The number of carboxylic acids is 1. The molecule has 0 radical (unpaired) electrons. The number of aliphatic carboxylic acids is 1. The number of likely N-dealkylation sites (tertiary alicyclic amines) is 2. The van der Waals surface area contributed by atoms with Gasteiger partial charge in [-0.05, 0) is 19.3 Å². The smallest absolute Gasteiger partial charge is 0.305 e. The van der Waals surface area contributed by atoms with Crippen LogP contribution in [0.1, 0.15) is 25.7 Å². The number of amides is 1. The van der Waals surface area contributed by atoms with E-state index in [1.54, 1.807) is 0 Å². The summed E-state index contributed by atoms with van der Waals surface area (Å²) in [5.41, 5.74) is 0. The highest BCUT2D eigenvalue weighted by Gasteiger charge is 2.25. The van der Waals surface area contributed by atoms with Gasteiger partial charge in [0.25, 0.3) is 0 Å². The molecule has 2 aliphatic heterocycles. The van der Waals surface area contributed by atoms with Crippen molar-refractivity contribution in [2.45, 2.75) is 31.8 Å². The highest BCUT2D eigenvalue weighted by molar-refractivity contribution is 5.78. The zero-order valence-electron chi connectivity index (χ0n) is 11.2. The van der Waals surface area contributed by atoms with Crippen LogP contribution in [0.5, 0.6) is 0 Å². The summed E-state index contributed by atoms with van der Waals surface area (Å²) in [5.74, 6) is -0.589. The summed E-state index contributed by atoms with van der Waals surface area (Å²) in [6.45, 7) is 4.34. The third kappa shape index (κ3) is 4.47. The number of hydrogen-bond donors (Lipinski definition) is 1. The molecule has 6 nitrogen and oxygen atoms in total. The molecule has 0 saturated carbocycles. The van der Waals surface area contributed by atoms with Crippen molar-refractivity contribution >= 4 is 11.9 Å². The fourth-order valence-corrected chi connectivity index (χ4v) is 2.40. The van der Waals surface area contributed by atoms with Crippen molar-refractivity contribution < 1.29 is 19.4 Å². The van der Waals surface area contributed by atoms with Gasteiger partial charge >= 0.3 is 5.97 Å². The summed E-state index contributed by atoms with van der Waals surface area (Å²) in [7, 11) is 0. The van der Waals surface area contributed by atoms with Crippen molar-refractivity contribution in [1.29, 1.82) is 0 Å². The minimum atomic E-state index is -0.822. The Bertz CT molecular complexity index is 323. The molecule has 0 aromatic rings. The van der Waals surface area contributed by atoms with Crippen molar-refractivity contribution in [3.05, 3.63) is 0 Å². The molecule has 2 fully saturated rings. The van der Waals surface area contributed by atoms with E-state index in [0.717, 1.165) is 45.4 Å². The molecule has 1 N–H and O–H groups in total. The second-order valence-electron chi connectivity index (χ2n) is 5.22. The maximum absolute atomic E-state index is 11.8. The molecule has 0 aromatic carbocycles. The lowest BCUT2D eigenvalue weighted by Crippen LogP contribution is -2.49. The van der Waals surface area contributed by atoms with E-state index < -0.39 is 5.97 Å². The average Bonchev–Trinajstić information content (AvgIpc) is 2.28. The van der Waals surface area contributed by atoms with Crippen LogP contribution in [0.2, 0.25) is 0 Å². The van der Waals surface area contributed by atoms with E-state index in [2.05, 4.69) is 4.90 Å². The van der Waals surface area contributed by atoms with Gasteiger partial charge in [-0.2, -0.15) is 0 Å². The van der Waals surface area contributed by atoms with Gasteiger partial charge in [-0.15, -0.1) is 0 Å². The van der Waals surface area contributed by atoms with E-state index in [1.807, 2.05) is 4.90 Å². The van der Waals surface area contributed by atoms with Crippen LogP contribution in [-0.2, 0) is 14.3 Å². The quantitative estimate of drug-likeness (QED) is 0.745. The Morgan fingerprint density at radius 1 is 1.16 bits per heavy atom. The summed E-state index contributed by atoms with van der Waals surface area (Å²) < 4.78 is 5.52. The predicted molar refractivity (Wildman–Crippen MR) is 68.9 cm³/mol. The lowest BCUT2D eigenvalue weighted by molar-refractivity contribution is -0.140. The molecule has 1 amide bonds. The number of piperidine rings is 1. The van der Waals surface area contributed by atoms with Crippen molar-refractivity contribution in [3.8, 4) is 0 Å². The third-order valence-corrected chi connectivity index (χ3v) is 3.77. The Kier molecular flexibility index (Phi) is 5.15. The standard InChI is InChI=1S/C13H22N2O4/c16-12(15-5-1-6-15)10-14-7-2-11(3-8-14)19-9-4-13(17)18/h11H,1-10H2,(H,17,18). The lowest BCUT2D eigenvalue weighted by Gasteiger charge is -2.35. The maximum atomic E-state index is 11.8. The average molecular weight is 270 g/mol. The molecule has 0 spiro atoms. The fourth-order valence-electron chi connectivity index (χ4n) is 2.40. The molecule has 0 aliphatic carbocycles. The van der Waals surface area contributed by atoms with E-state index in [9.17, 15) is 9.59 Å². The zero-order chi connectivity index (χ0) is 13.7. The van der Waals surface area contributed by atoms with Gasteiger partial charge in [0.2, 0.25) is 5.91 Å². The first-order valence-electron chi connectivity index (χ1n) is 6.98. The van der Waals surface area contributed by atoms with Crippen molar-refractivity contribution in [2.24, 2.45) is 0 Å². The van der Waals surface area contributed by atoms with Gasteiger partial charge in [0, 0.05) is 26.2 Å². The molecule has 6 heteroatoms. The largest absolute Gasteiger partial charge is 0.481 e. The minimum Gasteiger partial charge on any atom is -0.481 e. The normalized spacial score (nSPS) is 21.2. The molecular formula is C13H22N2O4. The van der Waals surface area contributed by atoms with E-state index in [0.29, 0.717) is 6.54 Å². The Morgan fingerprint density at radius 2 is 1.84 bits per heavy atom. The minimum absolute atomic E-state index is 0.0632. The van der Waals surface area contributed by atoms with Gasteiger partial charge < -0.3 is 14.7 Å².